The maximum atomic E-state index is 3.66. The molecule has 0 radical (unpaired) electrons. The van der Waals surface area contributed by atoms with E-state index in [0.717, 1.165) is 13.2 Å². The van der Waals surface area contributed by atoms with Gasteiger partial charge in [-0.15, -0.1) is 6.58 Å². The monoisotopic (exact) mass is 141 g/mol. The summed E-state index contributed by atoms with van der Waals surface area (Å²) in [6.45, 7) is 5.59. The van der Waals surface area contributed by atoms with Crippen molar-refractivity contribution in [2.75, 3.05) is 20.3 Å². The smallest absolute Gasteiger partial charge is 0.0894 e. The molecule has 0 saturated carbocycles. The largest absolute Gasteiger partial charge is 0.362 e. The highest BCUT2D eigenvalue weighted by molar-refractivity contribution is 4.91. The molecule has 3 nitrogen and oxygen atoms in total. The van der Waals surface area contributed by atoms with Gasteiger partial charge in [0, 0.05) is 26.0 Å². The van der Waals surface area contributed by atoms with E-state index in [1.54, 1.807) is 0 Å². The van der Waals surface area contributed by atoms with Crippen LogP contribution in [0, 0.1) is 0 Å². The summed E-state index contributed by atoms with van der Waals surface area (Å²) < 4.78 is 0. The molecule has 0 aromatic carbocycles. The molecule has 1 rings (SSSR count). The van der Waals surface area contributed by atoms with Crippen molar-refractivity contribution < 1.29 is 0 Å². The van der Waals surface area contributed by atoms with E-state index in [0.29, 0.717) is 0 Å². The lowest BCUT2D eigenvalue weighted by atomic mass is 10.6. The summed E-state index contributed by atoms with van der Waals surface area (Å²) in [5, 5.41) is 0. The third-order valence-corrected chi connectivity index (χ3v) is 1.30. The number of hydrogen-bond donors (Lipinski definition) is 1. The fourth-order valence-corrected chi connectivity index (χ4v) is 0.873. The maximum Gasteiger partial charge on any atom is 0.0894 e. The Labute approximate surface area is 62.2 Å². The van der Waals surface area contributed by atoms with E-state index in [-0.39, 0.29) is 6.15 Å². The van der Waals surface area contributed by atoms with Crippen molar-refractivity contribution in [1.29, 1.82) is 0 Å². The minimum absolute atomic E-state index is 0. The van der Waals surface area contributed by atoms with Crippen LogP contribution in [0.5, 0.6) is 0 Å². The van der Waals surface area contributed by atoms with Gasteiger partial charge in [0.2, 0.25) is 0 Å². The van der Waals surface area contributed by atoms with Crippen molar-refractivity contribution in [3.8, 4) is 0 Å². The maximum absolute atomic E-state index is 3.66. The normalized spacial score (nSPS) is 15.3. The lowest BCUT2D eigenvalue weighted by Gasteiger charge is -2.15. The molecular formula is C7H15N3. The summed E-state index contributed by atoms with van der Waals surface area (Å²) in [6, 6.07) is 0. The van der Waals surface area contributed by atoms with Gasteiger partial charge in [-0.05, 0) is 0 Å². The standard InChI is InChI=1S/C7H12N2.H3N/c1-3-4-9-6-5-8(2)7-9;/h3,5-6H,1,4,7H2,2H3;1H3. The van der Waals surface area contributed by atoms with E-state index in [1.807, 2.05) is 6.08 Å². The number of rotatable bonds is 2. The van der Waals surface area contributed by atoms with Crippen LogP contribution in [0.25, 0.3) is 0 Å². The van der Waals surface area contributed by atoms with Crippen molar-refractivity contribution in [2.24, 2.45) is 0 Å². The van der Waals surface area contributed by atoms with E-state index >= 15 is 0 Å². The molecule has 3 N–H and O–H groups in total. The quantitative estimate of drug-likeness (QED) is 0.583. The Morgan fingerprint density at radius 2 is 2.30 bits per heavy atom. The topological polar surface area (TPSA) is 41.5 Å². The first-order valence-electron chi connectivity index (χ1n) is 3.06. The van der Waals surface area contributed by atoms with E-state index in [1.165, 1.54) is 0 Å². The molecule has 0 amide bonds. The molecule has 0 bridgehead atoms. The number of nitrogens with zero attached hydrogens (tertiary/aromatic N) is 2. The minimum atomic E-state index is 0. The zero-order valence-corrected chi connectivity index (χ0v) is 6.45. The third kappa shape index (κ3) is 2.11. The lowest BCUT2D eigenvalue weighted by Crippen LogP contribution is -2.21. The second kappa shape index (κ2) is 3.95. The SMILES string of the molecule is C=CCN1C=CN(C)C1.N. The summed E-state index contributed by atoms with van der Waals surface area (Å²) in [5.74, 6) is 0. The van der Waals surface area contributed by atoms with E-state index < -0.39 is 0 Å². The summed E-state index contributed by atoms with van der Waals surface area (Å²) in [6.07, 6.45) is 6.04. The van der Waals surface area contributed by atoms with Crippen LogP contribution in [0.15, 0.2) is 25.1 Å². The zero-order valence-electron chi connectivity index (χ0n) is 6.45. The highest BCUT2D eigenvalue weighted by Crippen LogP contribution is 2.01. The molecule has 0 saturated heterocycles. The Balaban J connectivity index is 0.000000810. The first kappa shape index (κ1) is 9.04. The van der Waals surface area contributed by atoms with Gasteiger partial charge in [-0.25, -0.2) is 0 Å². The van der Waals surface area contributed by atoms with Crippen molar-refractivity contribution in [1.82, 2.24) is 16.0 Å². The Morgan fingerprint density at radius 1 is 1.60 bits per heavy atom. The van der Waals surface area contributed by atoms with Gasteiger partial charge >= 0.3 is 0 Å². The van der Waals surface area contributed by atoms with Gasteiger partial charge in [-0.1, -0.05) is 6.08 Å². The van der Waals surface area contributed by atoms with E-state index in [2.05, 4.69) is 35.8 Å². The average Bonchev–Trinajstić information content (AvgIpc) is 2.17. The Bertz CT molecular complexity index is 131. The first-order valence-corrected chi connectivity index (χ1v) is 3.06. The lowest BCUT2D eigenvalue weighted by molar-refractivity contribution is 0.318. The van der Waals surface area contributed by atoms with Crippen molar-refractivity contribution in [3.63, 3.8) is 0 Å². The fourth-order valence-electron chi connectivity index (χ4n) is 0.873. The highest BCUT2D eigenvalue weighted by atomic mass is 15.3. The summed E-state index contributed by atoms with van der Waals surface area (Å²) in [5.41, 5.74) is 0. The van der Waals surface area contributed by atoms with Crippen LogP contribution < -0.4 is 6.15 Å². The van der Waals surface area contributed by atoms with Crippen LogP contribution >= 0.6 is 0 Å². The zero-order chi connectivity index (χ0) is 6.69. The number of hydrogen-bond acceptors (Lipinski definition) is 3. The van der Waals surface area contributed by atoms with Crippen molar-refractivity contribution >= 4 is 0 Å². The highest BCUT2D eigenvalue weighted by Gasteiger charge is 2.04. The predicted molar refractivity (Wildman–Crippen MR) is 43.7 cm³/mol. The van der Waals surface area contributed by atoms with Gasteiger partial charge in [0.15, 0.2) is 0 Å². The molecule has 1 heterocycles. The molecule has 0 aliphatic carbocycles. The second-order valence-corrected chi connectivity index (χ2v) is 2.26. The van der Waals surface area contributed by atoms with Gasteiger partial charge < -0.3 is 16.0 Å². The Morgan fingerprint density at radius 3 is 2.70 bits per heavy atom. The molecule has 0 unspecified atom stereocenters. The van der Waals surface area contributed by atoms with Gasteiger partial charge in [-0.2, -0.15) is 0 Å². The summed E-state index contributed by atoms with van der Waals surface area (Å²) in [4.78, 5) is 4.32. The molecule has 0 spiro atoms. The van der Waals surface area contributed by atoms with Gasteiger partial charge in [0.25, 0.3) is 0 Å². The third-order valence-electron chi connectivity index (χ3n) is 1.30. The average molecular weight is 141 g/mol. The molecule has 10 heavy (non-hydrogen) atoms. The van der Waals surface area contributed by atoms with Gasteiger partial charge in [-0.3, -0.25) is 0 Å². The van der Waals surface area contributed by atoms with Gasteiger partial charge in [0.1, 0.15) is 0 Å². The molecule has 1 aliphatic heterocycles. The van der Waals surface area contributed by atoms with Crippen LogP contribution in [-0.2, 0) is 0 Å². The summed E-state index contributed by atoms with van der Waals surface area (Å²) in [7, 11) is 2.06. The summed E-state index contributed by atoms with van der Waals surface area (Å²) >= 11 is 0. The van der Waals surface area contributed by atoms with Crippen molar-refractivity contribution in [2.45, 2.75) is 0 Å². The van der Waals surface area contributed by atoms with E-state index in [9.17, 15) is 0 Å². The van der Waals surface area contributed by atoms with Gasteiger partial charge in [0.05, 0.1) is 6.67 Å². The Kier molecular flexibility index (Phi) is 3.57. The van der Waals surface area contributed by atoms with Crippen molar-refractivity contribution in [3.05, 3.63) is 25.1 Å². The molecule has 3 heteroatoms. The fraction of sp³-hybridized carbons (Fsp3) is 0.429. The van der Waals surface area contributed by atoms with Crippen LogP contribution in [-0.4, -0.2) is 30.1 Å². The van der Waals surface area contributed by atoms with Crippen LogP contribution in [0.1, 0.15) is 0 Å². The Hall–Kier alpha value is -0.960. The second-order valence-electron chi connectivity index (χ2n) is 2.26. The molecule has 0 aromatic rings. The van der Waals surface area contributed by atoms with Crippen LogP contribution in [0.2, 0.25) is 0 Å². The molecule has 0 fully saturated rings. The van der Waals surface area contributed by atoms with Crippen LogP contribution in [0.3, 0.4) is 0 Å². The van der Waals surface area contributed by atoms with E-state index in [4.69, 9.17) is 0 Å². The minimum Gasteiger partial charge on any atom is -0.362 e. The molecular weight excluding hydrogens is 126 g/mol. The molecule has 1 aliphatic rings. The predicted octanol–water partition coefficient (Wildman–Crippen LogP) is 1.01. The van der Waals surface area contributed by atoms with Crippen LogP contribution in [0.4, 0.5) is 0 Å². The molecule has 0 atom stereocenters. The molecule has 0 aromatic heterocycles. The first-order chi connectivity index (χ1) is 4.33. The molecule has 58 valence electrons.